The second kappa shape index (κ2) is 8.93. The van der Waals surface area contributed by atoms with Crippen LogP contribution in [0, 0.1) is 11.3 Å². The van der Waals surface area contributed by atoms with E-state index in [1.165, 1.54) is 38.8 Å². The van der Waals surface area contributed by atoms with Gasteiger partial charge in [-0.25, -0.2) is 0 Å². The first-order valence-electron chi connectivity index (χ1n) is 8.06. The van der Waals surface area contributed by atoms with Gasteiger partial charge in [0.2, 0.25) is 0 Å². The Bertz CT molecular complexity index is 229. The molecule has 0 amide bonds. The molecule has 1 saturated heterocycles. The highest BCUT2D eigenvalue weighted by molar-refractivity contribution is 4.80. The summed E-state index contributed by atoms with van der Waals surface area (Å²) in [7, 11) is 2.28. The summed E-state index contributed by atoms with van der Waals surface area (Å²) in [5.74, 6) is 0.837. The van der Waals surface area contributed by atoms with Crippen LogP contribution in [0.5, 0.6) is 0 Å². The fourth-order valence-electron chi connectivity index (χ4n) is 2.95. The van der Waals surface area contributed by atoms with Gasteiger partial charge in [-0.05, 0) is 50.6 Å². The molecule has 0 radical (unpaired) electrons. The van der Waals surface area contributed by atoms with E-state index in [0.717, 1.165) is 32.2 Å². The maximum absolute atomic E-state index is 5.44. The quantitative estimate of drug-likeness (QED) is 0.652. The van der Waals surface area contributed by atoms with Crippen LogP contribution in [-0.2, 0) is 4.74 Å². The van der Waals surface area contributed by atoms with Crippen LogP contribution in [0.2, 0.25) is 0 Å². The summed E-state index contributed by atoms with van der Waals surface area (Å²) in [6.07, 6.45) is 4.93. The van der Waals surface area contributed by atoms with Gasteiger partial charge in [-0.3, -0.25) is 0 Å². The Hall–Kier alpha value is -0.120. The molecule has 1 aliphatic heterocycles. The normalized spacial score (nSPS) is 20.7. The summed E-state index contributed by atoms with van der Waals surface area (Å²) < 4.78 is 5.44. The lowest BCUT2D eigenvalue weighted by Gasteiger charge is -2.35. The number of hydrogen-bond donors (Lipinski definition) is 1. The maximum Gasteiger partial charge on any atom is 0.0469 e. The molecule has 114 valence electrons. The Kier molecular flexibility index (Phi) is 7.96. The first-order chi connectivity index (χ1) is 9.09. The number of nitrogens with zero attached hydrogens (tertiary/aromatic N) is 1. The summed E-state index contributed by atoms with van der Waals surface area (Å²) in [6.45, 7) is 13.6. The van der Waals surface area contributed by atoms with Gasteiger partial charge in [-0.2, -0.15) is 0 Å². The largest absolute Gasteiger partial charge is 0.381 e. The highest BCUT2D eigenvalue weighted by atomic mass is 16.5. The van der Waals surface area contributed by atoms with E-state index >= 15 is 0 Å². The van der Waals surface area contributed by atoms with Gasteiger partial charge >= 0.3 is 0 Å². The van der Waals surface area contributed by atoms with E-state index in [2.05, 4.69) is 38.0 Å². The van der Waals surface area contributed by atoms with E-state index in [1.807, 2.05) is 0 Å². The van der Waals surface area contributed by atoms with Crippen LogP contribution in [0.25, 0.3) is 0 Å². The summed E-state index contributed by atoms with van der Waals surface area (Å²) in [4.78, 5) is 2.53. The fourth-order valence-corrected chi connectivity index (χ4v) is 2.95. The summed E-state index contributed by atoms with van der Waals surface area (Å²) in [5, 5.41) is 3.59. The first kappa shape index (κ1) is 16.9. The SMILES string of the molecule is CCCNCC(C)(CC)CN(C)CC1CCOCC1. The predicted octanol–water partition coefficient (Wildman–Crippen LogP) is 2.76. The fraction of sp³-hybridized carbons (Fsp3) is 1.00. The standard InChI is InChI=1S/C16H34N2O/c1-5-9-17-13-16(3,6-2)14-18(4)12-15-7-10-19-11-8-15/h15,17H,5-14H2,1-4H3. The van der Waals surface area contributed by atoms with Gasteiger partial charge in [0.1, 0.15) is 0 Å². The zero-order chi connectivity index (χ0) is 14.1. The lowest BCUT2D eigenvalue weighted by Crippen LogP contribution is -2.42. The van der Waals surface area contributed by atoms with Gasteiger partial charge in [-0.15, -0.1) is 0 Å². The summed E-state index contributed by atoms with van der Waals surface area (Å²) in [6, 6.07) is 0. The summed E-state index contributed by atoms with van der Waals surface area (Å²) >= 11 is 0. The van der Waals surface area contributed by atoms with Crippen molar-refractivity contribution in [3.63, 3.8) is 0 Å². The minimum atomic E-state index is 0.398. The topological polar surface area (TPSA) is 24.5 Å². The van der Waals surface area contributed by atoms with Gasteiger partial charge in [-0.1, -0.05) is 20.8 Å². The van der Waals surface area contributed by atoms with E-state index in [4.69, 9.17) is 4.74 Å². The Morgan fingerprint density at radius 2 is 1.95 bits per heavy atom. The highest BCUT2D eigenvalue weighted by Gasteiger charge is 2.25. The van der Waals surface area contributed by atoms with Gasteiger partial charge < -0.3 is 15.0 Å². The van der Waals surface area contributed by atoms with Crippen molar-refractivity contribution < 1.29 is 4.74 Å². The third-order valence-electron chi connectivity index (χ3n) is 4.39. The number of ether oxygens (including phenoxy) is 1. The van der Waals surface area contributed by atoms with E-state index < -0.39 is 0 Å². The second-order valence-corrected chi connectivity index (χ2v) is 6.59. The van der Waals surface area contributed by atoms with Crippen molar-refractivity contribution >= 4 is 0 Å². The molecule has 3 heteroatoms. The zero-order valence-corrected chi connectivity index (χ0v) is 13.5. The van der Waals surface area contributed by atoms with Crippen LogP contribution in [0.15, 0.2) is 0 Å². The molecule has 0 aromatic carbocycles. The van der Waals surface area contributed by atoms with Crippen molar-refractivity contribution in [2.75, 3.05) is 46.4 Å². The van der Waals surface area contributed by atoms with Gasteiger partial charge in [0.15, 0.2) is 0 Å². The smallest absolute Gasteiger partial charge is 0.0469 e. The molecule has 1 heterocycles. The van der Waals surface area contributed by atoms with Crippen LogP contribution in [0.1, 0.15) is 46.5 Å². The molecular weight excluding hydrogens is 236 g/mol. The average molecular weight is 270 g/mol. The van der Waals surface area contributed by atoms with Gasteiger partial charge in [0.05, 0.1) is 0 Å². The lowest BCUT2D eigenvalue weighted by molar-refractivity contribution is 0.0500. The van der Waals surface area contributed by atoms with Crippen LogP contribution >= 0.6 is 0 Å². The van der Waals surface area contributed by atoms with Crippen molar-refractivity contribution in [1.29, 1.82) is 0 Å². The maximum atomic E-state index is 5.44. The van der Waals surface area contributed by atoms with Crippen molar-refractivity contribution in [1.82, 2.24) is 10.2 Å². The third kappa shape index (κ3) is 6.73. The minimum absolute atomic E-state index is 0.398. The number of rotatable bonds is 9. The Labute approximate surface area is 120 Å². The molecule has 1 fully saturated rings. The molecule has 3 nitrogen and oxygen atoms in total. The van der Waals surface area contributed by atoms with E-state index in [-0.39, 0.29) is 0 Å². The highest BCUT2D eigenvalue weighted by Crippen LogP contribution is 2.23. The molecule has 1 aliphatic rings. The molecule has 0 aromatic heterocycles. The molecule has 0 bridgehead atoms. The lowest BCUT2D eigenvalue weighted by atomic mass is 9.86. The predicted molar refractivity (Wildman–Crippen MR) is 82.6 cm³/mol. The van der Waals surface area contributed by atoms with Crippen LogP contribution in [-0.4, -0.2) is 51.3 Å². The first-order valence-corrected chi connectivity index (χ1v) is 8.06. The van der Waals surface area contributed by atoms with Crippen LogP contribution in [0.3, 0.4) is 0 Å². The van der Waals surface area contributed by atoms with Crippen molar-refractivity contribution in [3.8, 4) is 0 Å². The average Bonchev–Trinajstić information content (AvgIpc) is 2.40. The molecule has 1 N–H and O–H groups in total. The third-order valence-corrected chi connectivity index (χ3v) is 4.39. The van der Waals surface area contributed by atoms with Crippen molar-refractivity contribution in [2.45, 2.75) is 46.5 Å². The Morgan fingerprint density at radius 1 is 1.26 bits per heavy atom. The summed E-state index contributed by atoms with van der Waals surface area (Å²) in [5.41, 5.74) is 0.398. The van der Waals surface area contributed by atoms with Crippen molar-refractivity contribution in [3.05, 3.63) is 0 Å². The van der Waals surface area contributed by atoms with Crippen molar-refractivity contribution in [2.24, 2.45) is 11.3 Å². The Morgan fingerprint density at radius 3 is 2.53 bits per heavy atom. The monoisotopic (exact) mass is 270 g/mol. The molecule has 0 saturated carbocycles. The second-order valence-electron chi connectivity index (χ2n) is 6.59. The van der Waals surface area contributed by atoms with E-state index in [0.29, 0.717) is 5.41 Å². The van der Waals surface area contributed by atoms with E-state index in [1.54, 1.807) is 0 Å². The Balaban J connectivity index is 2.31. The number of nitrogens with one attached hydrogen (secondary N) is 1. The zero-order valence-electron chi connectivity index (χ0n) is 13.5. The van der Waals surface area contributed by atoms with Crippen LogP contribution in [0.4, 0.5) is 0 Å². The molecule has 1 atom stereocenters. The minimum Gasteiger partial charge on any atom is -0.381 e. The van der Waals surface area contributed by atoms with Gasteiger partial charge in [0.25, 0.3) is 0 Å². The number of hydrogen-bond acceptors (Lipinski definition) is 3. The molecule has 0 spiro atoms. The molecule has 1 rings (SSSR count). The molecule has 0 aliphatic carbocycles. The van der Waals surface area contributed by atoms with Gasteiger partial charge in [0, 0.05) is 32.8 Å². The molecule has 1 unspecified atom stereocenters. The van der Waals surface area contributed by atoms with Crippen LogP contribution < -0.4 is 5.32 Å². The molecular formula is C16H34N2O. The molecule has 19 heavy (non-hydrogen) atoms. The molecule has 0 aromatic rings. The van der Waals surface area contributed by atoms with E-state index in [9.17, 15) is 0 Å².